The summed E-state index contributed by atoms with van der Waals surface area (Å²) in [4.78, 5) is 16.6. The molecule has 1 N–H and O–H groups in total. The molecule has 2 unspecified atom stereocenters. The number of amides is 1. The zero-order chi connectivity index (χ0) is 12.4. The molecular formula is C13H25N3O. The lowest BCUT2D eigenvalue weighted by Crippen LogP contribution is -2.46. The fourth-order valence-electron chi connectivity index (χ4n) is 2.88. The summed E-state index contributed by atoms with van der Waals surface area (Å²) < 4.78 is 0. The summed E-state index contributed by atoms with van der Waals surface area (Å²) in [6.07, 6.45) is 3.83. The smallest absolute Gasteiger partial charge is 0.241 e. The van der Waals surface area contributed by atoms with E-state index in [2.05, 4.69) is 31.1 Å². The lowest BCUT2D eigenvalue weighted by molar-refractivity contribution is -0.130. The maximum Gasteiger partial charge on any atom is 0.241 e. The second-order valence-electron chi connectivity index (χ2n) is 5.77. The molecule has 0 aromatic rings. The predicted molar refractivity (Wildman–Crippen MR) is 68.6 cm³/mol. The molecule has 0 radical (unpaired) electrons. The monoisotopic (exact) mass is 239 g/mol. The average molecular weight is 239 g/mol. The number of carbonyl (C=O) groups excluding carboxylic acids is 1. The third-order valence-electron chi connectivity index (χ3n) is 4.10. The van der Waals surface area contributed by atoms with Crippen LogP contribution in [0.15, 0.2) is 0 Å². The molecule has 17 heavy (non-hydrogen) atoms. The van der Waals surface area contributed by atoms with Crippen LogP contribution >= 0.6 is 0 Å². The van der Waals surface area contributed by atoms with E-state index in [9.17, 15) is 4.79 Å². The number of rotatable bonds is 3. The molecule has 0 spiro atoms. The van der Waals surface area contributed by atoms with E-state index in [1.54, 1.807) is 0 Å². The second-order valence-corrected chi connectivity index (χ2v) is 5.77. The van der Waals surface area contributed by atoms with Gasteiger partial charge in [-0.25, -0.2) is 0 Å². The van der Waals surface area contributed by atoms with Crippen LogP contribution in [0.3, 0.4) is 0 Å². The minimum Gasteiger partial charge on any atom is -0.327 e. The molecule has 0 aliphatic carbocycles. The van der Waals surface area contributed by atoms with Crippen molar-refractivity contribution in [2.45, 2.75) is 45.2 Å². The lowest BCUT2D eigenvalue weighted by atomic mass is 10.0. The highest BCUT2D eigenvalue weighted by Crippen LogP contribution is 2.18. The van der Waals surface area contributed by atoms with Gasteiger partial charge in [-0.3, -0.25) is 10.1 Å². The third-order valence-corrected chi connectivity index (χ3v) is 4.10. The van der Waals surface area contributed by atoms with Crippen LogP contribution in [0.2, 0.25) is 0 Å². The zero-order valence-electron chi connectivity index (χ0n) is 11.3. The van der Waals surface area contributed by atoms with Crippen LogP contribution in [0.4, 0.5) is 0 Å². The van der Waals surface area contributed by atoms with Gasteiger partial charge in [0.1, 0.15) is 0 Å². The summed E-state index contributed by atoms with van der Waals surface area (Å²) in [6, 6.07) is 0.587. The highest BCUT2D eigenvalue weighted by molar-refractivity contribution is 5.84. The fraction of sp³-hybridized carbons (Fsp3) is 0.923. The summed E-state index contributed by atoms with van der Waals surface area (Å²) >= 11 is 0. The maximum atomic E-state index is 12.2. The number of hydrogen-bond acceptors (Lipinski definition) is 3. The molecule has 2 atom stereocenters. The van der Waals surface area contributed by atoms with Crippen molar-refractivity contribution in [3.05, 3.63) is 0 Å². The highest BCUT2D eigenvalue weighted by atomic mass is 16.2. The van der Waals surface area contributed by atoms with E-state index >= 15 is 0 Å². The van der Waals surface area contributed by atoms with Crippen molar-refractivity contribution in [2.24, 2.45) is 5.92 Å². The third kappa shape index (κ3) is 2.80. The number of likely N-dealkylation sites (tertiary alicyclic amines) is 1. The van der Waals surface area contributed by atoms with Gasteiger partial charge in [-0.15, -0.1) is 0 Å². The van der Waals surface area contributed by atoms with Gasteiger partial charge in [0.05, 0.1) is 12.7 Å². The molecule has 4 heteroatoms. The van der Waals surface area contributed by atoms with Crippen LogP contribution < -0.4 is 5.32 Å². The molecule has 0 aromatic carbocycles. The first-order valence-electron chi connectivity index (χ1n) is 6.82. The van der Waals surface area contributed by atoms with Gasteiger partial charge in [-0.05, 0) is 32.4 Å². The summed E-state index contributed by atoms with van der Waals surface area (Å²) in [5.41, 5.74) is 0. The van der Waals surface area contributed by atoms with Crippen LogP contribution in [-0.2, 0) is 4.79 Å². The molecule has 2 aliphatic heterocycles. The molecule has 0 saturated carbocycles. The molecule has 2 heterocycles. The van der Waals surface area contributed by atoms with Crippen LogP contribution in [-0.4, -0.2) is 54.6 Å². The zero-order valence-corrected chi connectivity index (χ0v) is 11.3. The van der Waals surface area contributed by atoms with Crippen LogP contribution in [0, 0.1) is 5.92 Å². The molecule has 2 aliphatic rings. The average Bonchev–Trinajstić information content (AvgIpc) is 2.64. The minimum absolute atomic E-state index is 0.0314. The van der Waals surface area contributed by atoms with E-state index in [0.29, 0.717) is 17.9 Å². The quantitative estimate of drug-likeness (QED) is 0.794. The fourth-order valence-corrected chi connectivity index (χ4v) is 2.88. The standard InChI is InChI=1S/C13H25N3O/c1-10(2)12-13(17)16(9-14-12)8-11-6-4-5-7-15(11)3/h10-12,14H,4-9H2,1-3H3. The van der Waals surface area contributed by atoms with E-state index in [0.717, 1.165) is 13.2 Å². The normalized spacial score (nSPS) is 31.5. The Morgan fingerprint density at radius 1 is 1.41 bits per heavy atom. The van der Waals surface area contributed by atoms with E-state index < -0.39 is 0 Å². The van der Waals surface area contributed by atoms with Crippen LogP contribution in [0.5, 0.6) is 0 Å². The summed E-state index contributed by atoms with van der Waals surface area (Å²) in [5, 5.41) is 3.32. The lowest BCUT2D eigenvalue weighted by Gasteiger charge is -2.35. The van der Waals surface area contributed by atoms with Crippen molar-refractivity contribution in [1.29, 1.82) is 0 Å². The number of piperidine rings is 1. The SMILES string of the molecule is CC(C)C1NCN(CC2CCCCN2C)C1=O. The molecular weight excluding hydrogens is 214 g/mol. The molecule has 2 saturated heterocycles. The number of nitrogens with one attached hydrogen (secondary N) is 1. The first-order chi connectivity index (χ1) is 8.09. The van der Waals surface area contributed by atoms with Gasteiger partial charge in [-0.2, -0.15) is 0 Å². The summed E-state index contributed by atoms with van der Waals surface area (Å²) in [6.45, 7) is 7.00. The molecule has 4 nitrogen and oxygen atoms in total. The van der Waals surface area contributed by atoms with Gasteiger partial charge in [0, 0.05) is 12.6 Å². The van der Waals surface area contributed by atoms with Crippen molar-refractivity contribution in [2.75, 3.05) is 26.8 Å². The molecule has 0 bridgehead atoms. The summed E-state index contributed by atoms with van der Waals surface area (Å²) in [7, 11) is 2.18. The topological polar surface area (TPSA) is 35.6 Å². The first-order valence-corrected chi connectivity index (χ1v) is 6.82. The maximum absolute atomic E-state index is 12.2. The first kappa shape index (κ1) is 12.8. The second kappa shape index (κ2) is 5.36. The van der Waals surface area contributed by atoms with Crippen molar-refractivity contribution in [1.82, 2.24) is 15.1 Å². The minimum atomic E-state index is 0.0314. The van der Waals surface area contributed by atoms with Gasteiger partial charge in [0.25, 0.3) is 0 Å². The Morgan fingerprint density at radius 3 is 2.76 bits per heavy atom. The van der Waals surface area contributed by atoms with Crippen molar-refractivity contribution < 1.29 is 4.79 Å². The Bertz CT molecular complexity index is 280. The summed E-state index contributed by atoms with van der Waals surface area (Å²) in [5.74, 6) is 0.676. The van der Waals surface area contributed by atoms with E-state index in [1.165, 1.54) is 25.8 Å². The van der Waals surface area contributed by atoms with Crippen LogP contribution in [0.1, 0.15) is 33.1 Å². The van der Waals surface area contributed by atoms with E-state index in [1.807, 2.05) is 4.90 Å². The van der Waals surface area contributed by atoms with Crippen LogP contribution in [0.25, 0.3) is 0 Å². The van der Waals surface area contributed by atoms with Gasteiger partial charge in [0.15, 0.2) is 0 Å². The molecule has 2 rings (SSSR count). The Labute approximate surface area is 104 Å². The Kier molecular flexibility index (Phi) is 4.05. The Morgan fingerprint density at radius 2 is 2.18 bits per heavy atom. The Hall–Kier alpha value is -0.610. The number of nitrogens with zero attached hydrogens (tertiary/aromatic N) is 2. The van der Waals surface area contributed by atoms with Gasteiger partial charge >= 0.3 is 0 Å². The number of carbonyl (C=O) groups is 1. The van der Waals surface area contributed by atoms with Gasteiger partial charge in [-0.1, -0.05) is 20.3 Å². The number of hydrogen-bond donors (Lipinski definition) is 1. The number of likely N-dealkylation sites (N-methyl/N-ethyl adjacent to an activating group) is 1. The van der Waals surface area contributed by atoms with Crippen molar-refractivity contribution in [3.8, 4) is 0 Å². The van der Waals surface area contributed by atoms with Crippen molar-refractivity contribution in [3.63, 3.8) is 0 Å². The van der Waals surface area contributed by atoms with E-state index in [4.69, 9.17) is 0 Å². The van der Waals surface area contributed by atoms with E-state index in [-0.39, 0.29) is 6.04 Å². The van der Waals surface area contributed by atoms with Crippen molar-refractivity contribution >= 4 is 5.91 Å². The molecule has 98 valence electrons. The molecule has 1 amide bonds. The Balaban J connectivity index is 1.89. The van der Waals surface area contributed by atoms with Gasteiger partial charge in [0.2, 0.25) is 5.91 Å². The highest BCUT2D eigenvalue weighted by Gasteiger charge is 2.34. The predicted octanol–water partition coefficient (Wildman–Crippen LogP) is 0.885. The van der Waals surface area contributed by atoms with Gasteiger partial charge < -0.3 is 9.80 Å². The molecule has 2 fully saturated rings. The largest absolute Gasteiger partial charge is 0.327 e. The molecule has 0 aromatic heterocycles.